The van der Waals surface area contributed by atoms with Crippen molar-refractivity contribution in [3.8, 4) is 0 Å². The molecule has 0 rings (SSSR count). The van der Waals surface area contributed by atoms with Crippen LogP contribution in [0.2, 0.25) is 0 Å². The first kappa shape index (κ1) is 57.1. The molecule has 0 fully saturated rings. The van der Waals surface area contributed by atoms with Crippen molar-refractivity contribution in [2.24, 2.45) is 0 Å². The zero-order valence-corrected chi connectivity index (χ0v) is 38.1. The molecule has 3 atom stereocenters. The predicted octanol–water partition coefficient (Wildman–Crippen LogP) is 11.5. The van der Waals surface area contributed by atoms with Crippen LogP contribution in [0, 0.1) is 0 Å². The summed E-state index contributed by atoms with van der Waals surface area (Å²) in [5, 5.41) is 9.75. The van der Waals surface area contributed by atoms with Crippen molar-refractivity contribution < 1.29 is 61.6 Å². The van der Waals surface area contributed by atoms with E-state index < -0.39 is 66.2 Å². The van der Waals surface area contributed by atoms with Gasteiger partial charge in [-0.25, -0.2) is 9.13 Å². The number of phosphoric ester groups is 2. The van der Waals surface area contributed by atoms with E-state index in [1.165, 1.54) is 57.8 Å². The van der Waals surface area contributed by atoms with Gasteiger partial charge in [0, 0.05) is 12.8 Å². The second-order valence-corrected chi connectivity index (χ2v) is 17.7. The lowest BCUT2D eigenvalue weighted by Crippen LogP contribution is -2.30. The Kier molecular flexibility index (Phi) is 38.9. The molecule has 0 heterocycles. The maximum atomic E-state index is 12.7. The van der Waals surface area contributed by atoms with Crippen LogP contribution in [0.4, 0.5) is 0 Å². The fraction of sp³-hybridized carbons (Fsp3) is 0.773. The van der Waals surface area contributed by atoms with E-state index in [4.69, 9.17) is 23.8 Å². The quantitative estimate of drug-likeness (QED) is 0.0196. The summed E-state index contributed by atoms with van der Waals surface area (Å²) in [7, 11) is -9.68. The number of allylic oxidation sites excluding steroid dienone is 8. The summed E-state index contributed by atoms with van der Waals surface area (Å²) >= 11 is 0. The fourth-order valence-electron chi connectivity index (χ4n) is 5.76. The normalized spacial score (nSPS) is 14.5. The van der Waals surface area contributed by atoms with Crippen molar-refractivity contribution in [1.29, 1.82) is 0 Å². The smallest absolute Gasteiger partial charge is 0.462 e. The van der Waals surface area contributed by atoms with Gasteiger partial charge in [-0.3, -0.25) is 23.2 Å². The third-order valence-corrected chi connectivity index (χ3v) is 10.6. The number of aliphatic hydroxyl groups excluding tert-OH is 1. The van der Waals surface area contributed by atoms with E-state index >= 15 is 0 Å². The van der Waals surface area contributed by atoms with Gasteiger partial charge in [-0.15, -0.1) is 0 Å². The summed E-state index contributed by atoms with van der Waals surface area (Å²) in [6, 6.07) is 0. The number of aliphatic hydroxyl groups is 1. The molecule has 0 aliphatic heterocycles. The summed E-state index contributed by atoms with van der Waals surface area (Å²) in [5.41, 5.74) is 0. The van der Waals surface area contributed by atoms with Crippen LogP contribution in [-0.4, -0.2) is 70.4 Å². The van der Waals surface area contributed by atoms with E-state index in [0.717, 1.165) is 83.5 Å². The highest BCUT2D eigenvalue weighted by molar-refractivity contribution is 7.47. The average molecular weight is 879 g/mol. The Labute approximate surface area is 356 Å². The fourth-order valence-corrected chi connectivity index (χ4v) is 6.92. The van der Waals surface area contributed by atoms with Gasteiger partial charge in [0.15, 0.2) is 6.10 Å². The molecule has 3 unspecified atom stereocenters. The number of rotatable bonds is 42. The third kappa shape index (κ3) is 44.0. The first-order valence-electron chi connectivity index (χ1n) is 22.3. The molecule has 0 aliphatic carbocycles. The van der Waals surface area contributed by atoms with Gasteiger partial charge in [-0.05, 0) is 77.0 Å². The van der Waals surface area contributed by atoms with E-state index in [9.17, 15) is 28.7 Å². The minimum absolute atomic E-state index is 0.103. The molecular weight excluding hydrogens is 798 g/mol. The number of hydrogen-bond donors (Lipinski definition) is 4. The Balaban J connectivity index is 4.57. The first-order valence-corrected chi connectivity index (χ1v) is 25.4. The van der Waals surface area contributed by atoms with Crippen LogP contribution in [0.5, 0.6) is 0 Å². The number of ether oxygens (including phenoxy) is 2. The maximum absolute atomic E-state index is 12.7. The van der Waals surface area contributed by atoms with E-state index in [0.29, 0.717) is 12.8 Å². The van der Waals surface area contributed by atoms with Gasteiger partial charge >= 0.3 is 27.6 Å². The summed E-state index contributed by atoms with van der Waals surface area (Å²) in [6.07, 6.45) is 41.0. The van der Waals surface area contributed by atoms with Gasteiger partial charge in [-0.2, -0.15) is 0 Å². The maximum Gasteiger partial charge on any atom is 0.472 e. The highest BCUT2D eigenvalue weighted by atomic mass is 31.2. The van der Waals surface area contributed by atoms with Crippen molar-refractivity contribution in [2.45, 2.75) is 193 Å². The molecule has 0 aromatic rings. The highest BCUT2D eigenvalue weighted by Crippen LogP contribution is 2.43. The van der Waals surface area contributed by atoms with Crippen molar-refractivity contribution >= 4 is 27.6 Å². The number of carbonyl (C=O) groups is 2. The molecule has 0 spiro atoms. The van der Waals surface area contributed by atoms with E-state index in [-0.39, 0.29) is 12.8 Å². The molecular formula is C44H80O13P2. The Bertz CT molecular complexity index is 1230. The standard InChI is InChI=1S/C44H80O13P2/c1-3-5-7-9-11-13-15-17-19-20-22-24-26-28-30-32-34-36-44(47)57-42(40-56-59(51,52)55-38-41(45)37-54-58(48,49)50)39-53-43(46)35-33-31-29-27-25-23-21-18-16-14-12-10-8-6-4-2/h11,13,17-19,21-22,24,41-42,45H,3-10,12,14-16,20,23,25-40H2,1-2H3,(H,51,52)(H2,48,49,50). The number of phosphoric acid groups is 2. The van der Waals surface area contributed by atoms with Gasteiger partial charge in [0.05, 0.1) is 19.8 Å². The molecule has 0 aromatic carbocycles. The predicted molar refractivity (Wildman–Crippen MR) is 235 cm³/mol. The van der Waals surface area contributed by atoms with E-state index in [1.54, 1.807) is 0 Å². The van der Waals surface area contributed by atoms with Gasteiger partial charge in [-0.1, -0.05) is 140 Å². The molecule has 0 amide bonds. The Morgan fingerprint density at radius 2 is 0.881 bits per heavy atom. The minimum atomic E-state index is -4.87. The lowest BCUT2D eigenvalue weighted by atomic mass is 10.1. The monoisotopic (exact) mass is 879 g/mol. The second-order valence-electron chi connectivity index (χ2n) is 15.0. The van der Waals surface area contributed by atoms with Gasteiger partial charge < -0.3 is 29.3 Å². The largest absolute Gasteiger partial charge is 0.472 e. The molecule has 344 valence electrons. The highest BCUT2D eigenvalue weighted by Gasteiger charge is 2.28. The van der Waals surface area contributed by atoms with Crippen molar-refractivity contribution in [1.82, 2.24) is 0 Å². The summed E-state index contributed by atoms with van der Waals surface area (Å²) in [4.78, 5) is 52.7. The molecule has 0 saturated heterocycles. The zero-order valence-electron chi connectivity index (χ0n) is 36.3. The molecule has 0 radical (unpaired) electrons. The van der Waals surface area contributed by atoms with Gasteiger partial charge in [0.1, 0.15) is 12.7 Å². The SMILES string of the molecule is CCCCCC=CCC=CCC=CCCCCCCC(=O)OC(COC(=O)CCCCCCCC=CCCCCCCCC)COP(=O)(O)OCC(O)COP(=O)(O)O. The lowest BCUT2D eigenvalue weighted by Gasteiger charge is -2.20. The van der Waals surface area contributed by atoms with Gasteiger partial charge in [0.2, 0.25) is 0 Å². The molecule has 0 aromatic heterocycles. The van der Waals surface area contributed by atoms with Crippen LogP contribution in [-0.2, 0) is 41.8 Å². The van der Waals surface area contributed by atoms with Crippen LogP contribution < -0.4 is 0 Å². The molecule has 13 nitrogen and oxygen atoms in total. The van der Waals surface area contributed by atoms with E-state index in [2.05, 4.69) is 71.5 Å². The molecule has 59 heavy (non-hydrogen) atoms. The topological polar surface area (TPSA) is 195 Å². The molecule has 0 aliphatic rings. The van der Waals surface area contributed by atoms with Crippen LogP contribution in [0.25, 0.3) is 0 Å². The summed E-state index contributed by atoms with van der Waals surface area (Å²) < 4.78 is 47.8. The van der Waals surface area contributed by atoms with Crippen molar-refractivity contribution in [3.63, 3.8) is 0 Å². The Morgan fingerprint density at radius 3 is 1.41 bits per heavy atom. The molecule has 15 heteroatoms. The lowest BCUT2D eigenvalue weighted by molar-refractivity contribution is -0.161. The van der Waals surface area contributed by atoms with Crippen LogP contribution in [0.3, 0.4) is 0 Å². The van der Waals surface area contributed by atoms with Crippen molar-refractivity contribution in [2.75, 3.05) is 26.4 Å². The summed E-state index contributed by atoms with van der Waals surface area (Å²) in [5.74, 6) is -1.07. The zero-order chi connectivity index (χ0) is 43.7. The van der Waals surface area contributed by atoms with E-state index in [1.807, 2.05) is 0 Å². The average Bonchev–Trinajstić information content (AvgIpc) is 3.19. The Hall–Kier alpha value is -1.92. The van der Waals surface area contributed by atoms with Gasteiger partial charge in [0.25, 0.3) is 0 Å². The number of esters is 2. The third-order valence-electron chi connectivity index (χ3n) is 9.18. The van der Waals surface area contributed by atoms with Crippen molar-refractivity contribution in [3.05, 3.63) is 48.6 Å². The Morgan fingerprint density at radius 1 is 0.492 bits per heavy atom. The second kappa shape index (κ2) is 40.2. The number of unbranched alkanes of at least 4 members (excludes halogenated alkanes) is 18. The molecule has 4 N–H and O–H groups in total. The number of carbonyl (C=O) groups excluding carboxylic acids is 2. The molecule has 0 saturated carbocycles. The number of hydrogen-bond acceptors (Lipinski definition) is 10. The van der Waals surface area contributed by atoms with Crippen LogP contribution in [0.15, 0.2) is 48.6 Å². The van der Waals surface area contributed by atoms with Crippen LogP contribution in [0.1, 0.15) is 181 Å². The summed E-state index contributed by atoms with van der Waals surface area (Å²) in [6.45, 7) is 1.70. The van der Waals surface area contributed by atoms with Crippen LogP contribution >= 0.6 is 15.6 Å². The first-order chi connectivity index (χ1) is 28.4. The molecule has 0 bridgehead atoms. The minimum Gasteiger partial charge on any atom is -0.462 e.